The molecule has 2 amide bonds. The van der Waals surface area contributed by atoms with Crippen LogP contribution < -0.4 is 5.32 Å². The Balaban J connectivity index is 1.42. The Labute approximate surface area is 138 Å². The number of rotatable bonds is 7. The minimum absolute atomic E-state index is 0.0434. The molecule has 1 N–H and O–H groups in total. The Bertz CT molecular complexity index is 513. The predicted octanol–water partition coefficient (Wildman–Crippen LogP) is 2.26. The number of amides is 2. The van der Waals surface area contributed by atoms with Crippen molar-refractivity contribution in [2.24, 2.45) is 5.41 Å². The first-order chi connectivity index (χ1) is 11.2. The van der Waals surface area contributed by atoms with Crippen molar-refractivity contribution >= 4 is 6.03 Å². The van der Waals surface area contributed by atoms with Gasteiger partial charge in [0.1, 0.15) is 0 Å². The van der Waals surface area contributed by atoms with Crippen LogP contribution in [0.4, 0.5) is 4.79 Å². The minimum Gasteiger partial charge on any atom is -0.378 e. The molecule has 0 radical (unpaired) electrons. The first-order valence-electron chi connectivity index (χ1n) is 8.74. The van der Waals surface area contributed by atoms with Gasteiger partial charge in [-0.3, -0.25) is 0 Å². The van der Waals surface area contributed by atoms with E-state index in [1.165, 1.54) is 19.3 Å². The van der Waals surface area contributed by atoms with Crippen LogP contribution in [0.3, 0.4) is 0 Å². The number of aryl methyl sites for hydroxylation is 1. The van der Waals surface area contributed by atoms with Gasteiger partial charge >= 0.3 is 6.03 Å². The van der Waals surface area contributed by atoms with Crippen LogP contribution in [0.5, 0.6) is 0 Å². The Morgan fingerprint density at radius 3 is 2.96 bits per heavy atom. The lowest BCUT2D eigenvalue weighted by Crippen LogP contribution is -2.68. The van der Waals surface area contributed by atoms with Gasteiger partial charge in [-0.05, 0) is 32.6 Å². The van der Waals surface area contributed by atoms with E-state index >= 15 is 0 Å². The smallest absolute Gasteiger partial charge is 0.317 e. The van der Waals surface area contributed by atoms with Gasteiger partial charge in [-0.25, -0.2) is 9.78 Å². The SMILES string of the molecule is CCO[C@H]1C[C@@H](NC(=O)N(C)CCCn2ccnc2)C12CCC2. The average molecular weight is 320 g/mol. The number of nitrogens with zero attached hydrogens (tertiary/aromatic N) is 3. The van der Waals surface area contributed by atoms with E-state index in [4.69, 9.17) is 4.74 Å². The summed E-state index contributed by atoms with van der Waals surface area (Å²) in [5, 5.41) is 3.23. The molecule has 1 heterocycles. The molecule has 23 heavy (non-hydrogen) atoms. The zero-order chi connectivity index (χ0) is 16.3. The number of nitrogens with one attached hydrogen (secondary N) is 1. The van der Waals surface area contributed by atoms with Crippen LogP contribution in [-0.2, 0) is 11.3 Å². The molecule has 0 aromatic carbocycles. The highest BCUT2D eigenvalue weighted by atomic mass is 16.5. The molecule has 2 saturated carbocycles. The summed E-state index contributed by atoms with van der Waals surface area (Å²) in [6, 6.07) is 0.332. The summed E-state index contributed by atoms with van der Waals surface area (Å²) < 4.78 is 7.88. The van der Waals surface area contributed by atoms with Gasteiger partial charge < -0.3 is 19.5 Å². The second-order valence-corrected chi connectivity index (χ2v) is 6.84. The third-order valence-electron chi connectivity index (χ3n) is 5.55. The molecule has 2 atom stereocenters. The molecule has 1 spiro atoms. The molecule has 1 aromatic rings. The van der Waals surface area contributed by atoms with E-state index in [2.05, 4.69) is 10.3 Å². The number of carbonyl (C=O) groups excluding carboxylic acids is 1. The minimum atomic E-state index is 0.0434. The quantitative estimate of drug-likeness (QED) is 0.838. The summed E-state index contributed by atoms with van der Waals surface area (Å²) in [5.41, 5.74) is 0.226. The van der Waals surface area contributed by atoms with Crippen molar-refractivity contribution in [2.75, 3.05) is 20.2 Å². The molecular weight excluding hydrogens is 292 g/mol. The van der Waals surface area contributed by atoms with Gasteiger partial charge in [-0.15, -0.1) is 0 Å². The van der Waals surface area contributed by atoms with Crippen LogP contribution in [-0.4, -0.2) is 52.8 Å². The van der Waals surface area contributed by atoms with Gasteiger partial charge in [0.2, 0.25) is 0 Å². The molecule has 6 nitrogen and oxygen atoms in total. The predicted molar refractivity (Wildman–Crippen MR) is 88.1 cm³/mol. The van der Waals surface area contributed by atoms with Crippen LogP contribution >= 0.6 is 0 Å². The molecule has 2 aliphatic rings. The topological polar surface area (TPSA) is 59.4 Å². The van der Waals surface area contributed by atoms with E-state index in [1.54, 1.807) is 11.1 Å². The third-order valence-corrected chi connectivity index (χ3v) is 5.55. The summed E-state index contributed by atoms with van der Waals surface area (Å²) >= 11 is 0. The van der Waals surface area contributed by atoms with Crippen LogP contribution in [0, 0.1) is 5.41 Å². The van der Waals surface area contributed by atoms with Gasteiger partial charge in [0, 0.05) is 50.6 Å². The normalized spacial score (nSPS) is 24.8. The summed E-state index contributed by atoms with van der Waals surface area (Å²) in [6.07, 6.45) is 11.4. The van der Waals surface area contributed by atoms with Crippen molar-refractivity contribution in [1.82, 2.24) is 19.8 Å². The van der Waals surface area contributed by atoms with E-state index in [0.717, 1.165) is 32.5 Å². The lowest BCUT2D eigenvalue weighted by Gasteiger charge is -2.61. The molecule has 6 heteroatoms. The number of aromatic nitrogens is 2. The molecule has 1 aromatic heterocycles. The van der Waals surface area contributed by atoms with Gasteiger partial charge in [0.05, 0.1) is 12.4 Å². The van der Waals surface area contributed by atoms with Crippen molar-refractivity contribution in [3.8, 4) is 0 Å². The highest BCUT2D eigenvalue weighted by Gasteiger charge is 2.59. The number of hydrogen-bond donors (Lipinski definition) is 1. The van der Waals surface area contributed by atoms with Gasteiger partial charge in [-0.2, -0.15) is 0 Å². The lowest BCUT2D eigenvalue weighted by molar-refractivity contribution is -0.169. The fourth-order valence-corrected chi connectivity index (χ4v) is 3.91. The highest BCUT2D eigenvalue weighted by molar-refractivity contribution is 5.74. The maximum absolute atomic E-state index is 12.4. The average Bonchev–Trinajstić information content (AvgIpc) is 2.97. The third kappa shape index (κ3) is 3.22. The summed E-state index contributed by atoms with van der Waals surface area (Å²) in [7, 11) is 1.87. The number of imidazole rings is 1. The van der Waals surface area contributed by atoms with E-state index < -0.39 is 0 Å². The molecule has 0 unspecified atom stereocenters. The second kappa shape index (κ2) is 6.91. The zero-order valence-corrected chi connectivity index (χ0v) is 14.2. The number of ether oxygens (including phenoxy) is 1. The number of urea groups is 1. The molecule has 0 bridgehead atoms. The maximum Gasteiger partial charge on any atom is 0.317 e. The fraction of sp³-hybridized carbons (Fsp3) is 0.765. The van der Waals surface area contributed by atoms with Crippen molar-refractivity contribution < 1.29 is 9.53 Å². The van der Waals surface area contributed by atoms with Crippen LogP contribution in [0.1, 0.15) is 39.0 Å². The monoisotopic (exact) mass is 320 g/mol. The molecular formula is C17H28N4O2. The van der Waals surface area contributed by atoms with Gasteiger partial charge in [0.25, 0.3) is 0 Å². The van der Waals surface area contributed by atoms with Crippen molar-refractivity contribution in [3.63, 3.8) is 0 Å². The maximum atomic E-state index is 12.4. The first-order valence-corrected chi connectivity index (χ1v) is 8.74. The number of hydrogen-bond acceptors (Lipinski definition) is 3. The summed E-state index contributed by atoms with van der Waals surface area (Å²) in [5.74, 6) is 0. The van der Waals surface area contributed by atoms with Crippen LogP contribution in [0.25, 0.3) is 0 Å². The van der Waals surface area contributed by atoms with Crippen molar-refractivity contribution in [3.05, 3.63) is 18.7 Å². The lowest BCUT2D eigenvalue weighted by atomic mass is 9.51. The zero-order valence-electron chi connectivity index (χ0n) is 14.2. The fourth-order valence-electron chi connectivity index (χ4n) is 3.91. The Hall–Kier alpha value is -1.56. The second-order valence-electron chi connectivity index (χ2n) is 6.84. The molecule has 3 rings (SSSR count). The Morgan fingerprint density at radius 1 is 1.52 bits per heavy atom. The molecule has 2 fully saturated rings. The van der Waals surface area contributed by atoms with Gasteiger partial charge in [-0.1, -0.05) is 6.42 Å². The van der Waals surface area contributed by atoms with Crippen molar-refractivity contribution in [1.29, 1.82) is 0 Å². The number of carbonyl (C=O) groups is 1. The van der Waals surface area contributed by atoms with Crippen molar-refractivity contribution in [2.45, 2.75) is 57.7 Å². The van der Waals surface area contributed by atoms with Crippen LogP contribution in [0.15, 0.2) is 18.7 Å². The van der Waals surface area contributed by atoms with Crippen LogP contribution in [0.2, 0.25) is 0 Å². The molecule has 0 saturated heterocycles. The molecule has 128 valence electrons. The Morgan fingerprint density at radius 2 is 2.35 bits per heavy atom. The summed E-state index contributed by atoms with van der Waals surface area (Å²) in [6.45, 7) is 4.45. The standard InChI is InChI=1S/C17H28N4O2/c1-3-23-15-12-14(17(15)6-4-7-17)19-16(22)20(2)9-5-10-21-11-8-18-13-21/h8,11,13-15H,3-7,9-10,12H2,1-2H3,(H,19,22)/t14-,15+/m1/s1. The van der Waals surface area contributed by atoms with E-state index in [1.807, 2.05) is 31.1 Å². The highest BCUT2D eigenvalue weighted by Crippen LogP contribution is 2.57. The van der Waals surface area contributed by atoms with E-state index in [-0.39, 0.29) is 17.5 Å². The molecule has 0 aliphatic heterocycles. The Kier molecular flexibility index (Phi) is 4.90. The largest absolute Gasteiger partial charge is 0.378 e. The van der Waals surface area contributed by atoms with Gasteiger partial charge in [0.15, 0.2) is 0 Å². The molecule has 2 aliphatic carbocycles. The van der Waals surface area contributed by atoms with E-state index in [9.17, 15) is 4.79 Å². The summed E-state index contributed by atoms with van der Waals surface area (Å²) in [4.78, 5) is 18.2. The first kappa shape index (κ1) is 16.3. The van der Waals surface area contributed by atoms with E-state index in [0.29, 0.717) is 6.10 Å².